The Hall–Kier alpha value is -3.16. The molecule has 0 saturated heterocycles. The van der Waals surface area contributed by atoms with Gasteiger partial charge in [0.05, 0.1) is 7.11 Å². The van der Waals surface area contributed by atoms with Crippen molar-refractivity contribution in [2.75, 3.05) is 13.7 Å². The zero-order valence-corrected chi connectivity index (χ0v) is 17.9. The molecule has 3 rings (SSSR count). The lowest BCUT2D eigenvalue weighted by molar-refractivity contribution is -0.147. The van der Waals surface area contributed by atoms with Gasteiger partial charge in [-0.1, -0.05) is 6.07 Å². The van der Waals surface area contributed by atoms with Crippen LogP contribution in [-0.2, 0) is 27.3 Å². The van der Waals surface area contributed by atoms with E-state index in [1.165, 1.54) is 24.1 Å². The zero-order chi connectivity index (χ0) is 22.8. The highest BCUT2D eigenvalue weighted by Crippen LogP contribution is 2.34. The van der Waals surface area contributed by atoms with Gasteiger partial charge in [0.25, 0.3) is 0 Å². The van der Waals surface area contributed by atoms with Gasteiger partial charge in [-0.25, -0.2) is 18.4 Å². The average Bonchev–Trinajstić information content (AvgIpc) is 2.68. The molecule has 8 heteroatoms. The van der Waals surface area contributed by atoms with Gasteiger partial charge in [0, 0.05) is 12.6 Å². The summed E-state index contributed by atoms with van der Waals surface area (Å²) in [5, 5.41) is 0. The van der Waals surface area contributed by atoms with Crippen molar-refractivity contribution in [2.24, 2.45) is 0 Å². The third-order valence-electron chi connectivity index (χ3n) is 4.72. The second-order valence-corrected chi connectivity index (χ2v) is 8.28. The second kappa shape index (κ2) is 8.91. The number of amides is 1. The molecule has 0 N–H and O–H groups in total. The van der Waals surface area contributed by atoms with E-state index in [9.17, 15) is 18.4 Å². The smallest absolute Gasteiger partial charge is 0.411 e. The molecule has 1 aliphatic heterocycles. The number of nitrogens with zero attached hydrogens (tertiary/aromatic N) is 1. The summed E-state index contributed by atoms with van der Waals surface area (Å²) in [6.45, 7) is 5.51. The average molecular weight is 433 g/mol. The van der Waals surface area contributed by atoms with E-state index in [-0.39, 0.29) is 13.2 Å². The van der Waals surface area contributed by atoms with Crippen LogP contribution in [0, 0.1) is 11.6 Å². The van der Waals surface area contributed by atoms with Crippen molar-refractivity contribution in [3.05, 3.63) is 64.7 Å². The summed E-state index contributed by atoms with van der Waals surface area (Å²) < 4.78 is 42.7. The fourth-order valence-corrected chi connectivity index (χ4v) is 3.44. The van der Waals surface area contributed by atoms with E-state index in [1.54, 1.807) is 39.0 Å². The molecule has 1 atom stereocenters. The minimum absolute atomic E-state index is 0.0159. The van der Waals surface area contributed by atoms with Crippen molar-refractivity contribution in [3.63, 3.8) is 0 Å². The first-order valence-electron chi connectivity index (χ1n) is 9.85. The Morgan fingerprint density at radius 3 is 2.39 bits per heavy atom. The van der Waals surface area contributed by atoms with E-state index >= 15 is 0 Å². The van der Waals surface area contributed by atoms with Crippen LogP contribution < -0.4 is 4.74 Å². The topological polar surface area (TPSA) is 65.1 Å². The highest BCUT2D eigenvalue weighted by atomic mass is 19.1. The Bertz CT molecular complexity index is 966. The van der Waals surface area contributed by atoms with E-state index < -0.39 is 35.3 Å². The fourth-order valence-electron chi connectivity index (χ4n) is 3.44. The van der Waals surface area contributed by atoms with Crippen LogP contribution in [0.2, 0.25) is 0 Å². The van der Waals surface area contributed by atoms with E-state index in [1.807, 2.05) is 0 Å². The largest absolute Gasteiger partial charge is 0.489 e. The molecule has 31 heavy (non-hydrogen) atoms. The van der Waals surface area contributed by atoms with Gasteiger partial charge in [-0.3, -0.25) is 4.90 Å². The maximum atomic E-state index is 13.4. The van der Waals surface area contributed by atoms with Gasteiger partial charge < -0.3 is 14.2 Å². The molecule has 2 aromatic carbocycles. The van der Waals surface area contributed by atoms with Crippen molar-refractivity contribution in [1.29, 1.82) is 0 Å². The van der Waals surface area contributed by atoms with E-state index in [0.717, 1.165) is 11.6 Å². The Kier molecular flexibility index (Phi) is 6.48. The maximum Gasteiger partial charge on any atom is 0.411 e. The van der Waals surface area contributed by atoms with Crippen molar-refractivity contribution >= 4 is 12.1 Å². The number of esters is 1. The number of rotatable bonds is 4. The van der Waals surface area contributed by atoms with E-state index in [0.29, 0.717) is 23.3 Å². The molecule has 2 aromatic rings. The number of hydrogen-bond acceptors (Lipinski definition) is 5. The van der Waals surface area contributed by atoms with Crippen LogP contribution in [-0.4, -0.2) is 36.2 Å². The molecule has 6 nitrogen and oxygen atoms in total. The molecule has 0 spiro atoms. The lowest BCUT2D eigenvalue weighted by atomic mass is 9.92. The standard InChI is InChI=1S/C23H25F2NO5/c1-23(2,3)31-22(28)26-8-7-15-11-18(5-6-19(15)20(26)21(27)29-4)30-13-14-9-16(24)12-17(25)10-14/h5-6,9-12,20H,7-8,13H2,1-4H3/t20-/m1/s1. The van der Waals surface area contributed by atoms with Crippen molar-refractivity contribution < 1.29 is 32.6 Å². The second-order valence-electron chi connectivity index (χ2n) is 8.28. The molecule has 0 saturated carbocycles. The third-order valence-corrected chi connectivity index (χ3v) is 4.72. The normalized spacial score (nSPS) is 15.8. The number of carbonyl (C=O) groups is 2. The minimum atomic E-state index is -0.935. The van der Waals surface area contributed by atoms with Gasteiger partial charge in [0.15, 0.2) is 6.04 Å². The number of carbonyl (C=O) groups excluding carboxylic acids is 2. The molecule has 166 valence electrons. The molecule has 1 aliphatic rings. The Morgan fingerprint density at radius 2 is 1.77 bits per heavy atom. The highest BCUT2D eigenvalue weighted by Gasteiger charge is 2.39. The number of halogens is 2. The van der Waals surface area contributed by atoms with Gasteiger partial charge in [0.2, 0.25) is 0 Å². The molecule has 0 aromatic heterocycles. The van der Waals surface area contributed by atoms with Gasteiger partial charge in [-0.05, 0) is 68.1 Å². The van der Waals surface area contributed by atoms with Crippen LogP contribution in [0.1, 0.15) is 43.5 Å². The molecule has 1 heterocycles. The summed E-state index contributed by atoms with van der Waals surface area (Å²) >= 11 is 0. The molecule has 1 amide bonds. The SMILES string of the molecule is COC(=O)[C@H]1c2ccc(OCc3cc(F)cc(F)c3)cc2CCN1C(=O)OC(C)(C)C. The third kappa shape index (κ3) is 5.51. The van der Waals surface area contributed by atoms with Crippen molar-refractivity contribution in [2.45, 2.75) is 45.4 Å². The van der Waals surface area contributed by atoms with Crippen LogP contribution in [0.3, 0.4) is 0 Å². The van der Waals surface area contributed by atoms with Crippen molar-refractivity contribution in [1.82, 2.24) is 4.90 Å². The number of fused-ring (bicyclic) bond motifs is 1. The van der Waals surface area contributed by atoms with Gasteiger partial charge in [0.1, 0.15) is 29.6 Å². The molecule has 0 fully saturated rings. The van der Waals surface area contributed by atoms with Gasteiger partial charge in [-0.15, -0.1) is 0 Å². The first-order valence-corrected chi connectivity index (χ1v) is 9.85. The Morgan fingerprint density at radius 1 is 1.10 bits per heavy atom. The summed E-state index contributed by atoms with van der Waals surface area (Å²) in [7, 11) is 1.26. The number of benzene rings is 2. The first kappa shape index (κ1) is 22.5. The zero-order valence-electron chi connectivity index (χ0n) is 17.9. The number of methoxy groups -OCH3 is 1. The first-order chi connectivity index (χ1) is 14.6. The van der Waals surface area contributed by atoms with Crippen LogP contribution >= 0.6 is 0 Å². The molecule has 0 aliphatic carbocycles. The Balaban J connectivity index is 1.81. The quantitative estimate of drug-likeness (QED) is 0.662. The molecular weight excluding hydrogens is 408 g/mol. The molecule has 0 bridgehead atoms. The molecule has 0 unspecified atom stereocenters. The summed E-state index contributed by atoms with van der Waals surface area (Å²) in [4.78, 5) is 26.5. The highest BCUT2D eigenvalue weighted by molar-refractivity contribution is 5.84. The van der Waals surface area contributed by atoms with Gasteiger partial charge >= 0.3 is 12.1 Å². The monoisotopic (exact) mass is 433 g/mol. The summed E-state index contributed by atoms with van der Waals surface area (Å²) in [6.07, 6.45) is -0.115. The predicted octanol–water partition coefficient (Wildman–Crippen LogP) is 4.55. The summed E-state index contributed by atoms with van der Waals surface area (Å²) in [5.74, 6) is -1.44. The fraction of sp³-hybridized carbons (Fsp3) is 0.391. The minimum Gasteiger partial charge on any atom is -0.489 e. The molecule has 0 radical (unpaired) electrons. The van der Waals surface area contributed by atoms with Crippen LogP contribution in [0.15, 0.2) is 36.4 Å². The number of hydrogen-bond donors (Lipinski definition) is 0. The van der Waals surface area contributed by atoms with Crippen molar-refractivity contribution in [3.8, 4) is 5.75 Å². The lowest BCUT2D eigenvalue weighted by Crippen LogP contribution is -2.46. The van der Waals surface area contributed by atoms with Crippen LogP contribution in [0.4, 0.5) is 13.6 Å². The summed E-state index contributed by atoms with van der Waals surface area (Å²) in [5.41, 5.74) is 1.09. The molecular formula is C23H25F2NO5. The lowest BCUT2D eigenvalue weighted by Gasteiger charge is -2.36. The Labute approximate surface area is 179 Å². The number of ether oxygens (including phenoxy) is 3. The van der Waals surface area contributed by atoms with Crippen LogP contribution in [0.25, 0.3) is 0 Å². The summed E-state index contributed by atoms with van der Waals surface area (Å²) in [6, 6.07) is 7.35. The van der Waals surface area contributed by atoms with E-state index in [4.69, 9.17) is 14.2 Å². The van der Waals surface area contributed by atoms with Gasteiger partial charge in [-0.2, -0.15) is 0 Å². The van der Waals surface area contributed by atoms with Crippen LogP contribution in [0.5, 0.6) is 5.75 Å². The predicted molar refractivity (Wildman–Crippen MR) is 109 cm³/mol. The maximum absolute atomic E-state index is 13.4. The van der Waals surface area contributed by atoms with E-state index in [2.05, 4.69) is 0 Å².